The highest BCUT2D eigenvalue weighted by Crippen LogP contribution is 2.30. The van der Waals surface area contributed by atoms with E-state index in [2.05, 4.69) is 25.4 Å². The smallest absolute Gasteiger partial charge is 0.263 e. The standard InChI is InChI=1S/C17H12ClN5O/c1-10-14-16(20-13-5-7-19-8-6-13)21-15(22-17(14)24-23-10)11-3-2-4-12(18)9-11/h2-9H,1H3,(H,19,20,21,22). The van der Waals surface area contributed by atoms with Gasteiger partial charge in [-0.25, -0.2) is 4.98 Å². The number of nitrogens with zero attached hydrogens (tertiary/aromatic N) is 4. The summed E-state index contributed by atoms with van der Waals surface area (Å²) < 4.78 is 5.33. The van der Waals surface area contributed by atoms with Crippen LogP contribution in [0.3, 0.4) is 0 Å². The Morgan fingerprint density at radius 3 is 2.71 bits per heavy atom. The molecule has 1 N–H and O–H groups in total. The van der Waals surface area contributed by atoms with Gasteiger partial charge in [0.15, 0.2) is 5.82 Å². The summed E-state index contributed by atoms with van der Waals surface area (Å²) in [7, 11) is 0. The van der Waals surface area contributed by atoms with Crippen LogP contribution in [-0.2, 0) is 0 Å². The van der Waals surface area contributed by atoms with Gasteiger partial charge in [-0.2, -0.15) is 4.98 Å². The second-order valence-corrected chi connectivity index (χ2v) is 5.65. The van der Waals surface area contributed by atoms with Gasteiger partial charge in [-0.05, 0) is 31.2 Å². The lowest BCUT2D eigenvalue weighted by Gasteiger charge is -2.08. The summed E-state index contributed by atoms with van der Waals surface area (Å²) in [6.07, 6.45) is 3.41. The number of rotatable bonds is 3. The molecule has 24 heavy (non-hydrogen) atoms. The number of hydrogen-bond donors (Lipinski definition) is 1. The lowest BCUT2D eigenvalue weighted by atomic mass is 10.2. The predicted molar refractivity (Wildman–Crippen MR) is 92.3 cm³/mol. The first kappa shape index (κ1) is 14.6. The Kier molecular flexibility index (Phi) is 3.59. The molecular weight excluding hydrogens is 326 g/mol. The van der Waals surface area contributed by atoms with E-state index in [-0.39, 0.29) is 0 Å². The van der Waals surface area contributed by atoms with Gasteiger partial charge in [-0.3, -0.25) is 4.98 Å². The summed E-state index contributed by atoms with van der Waals surface area (Å²) in [6, 6.07) is 11.1. The van der Waals surface area contributed by atoms with Crippen molar-refractivity contribution in [2.75, 3.05) is 5.32 Å². The maximum Gasteiger partial charge on any atom is 0.263 e. The number of aryl methyl sites for hydroxylation is 1. The second-order valence-electron chi connectivity index (χ2n) is 5.22. The number of benzene rings is 1. The Morgan fingerprint density at radius 1 is 1.08 bits per heavy atom. The molecule has 4 rings (SSSR count). The van der Waals surface area contributed by atoms with Crippen LogP contribution in [0.25, 0.3) is 22.5 Å². The molecule has 0 aliphatic rings. The minimum atomic E-state index is 0.425. The molecule has 118 valence electrons. The normalized spacial score (nSPS) is 10.9. The highest BCUT2D eigenvalue weighted by atomic mass is 35.5. The van der Waals surface area contributed by atoms with Crippen molar-refractivity contribution < 1.29 is 4.52 Å². The summed E-state index contributed by atoms with van der Waals surface area (Å²) in [5.74, 6) is 1.14. The molecule has 4 aromatic rings. The zero-order valence-corrected chi connectivity index (χ0v) is 13.4. The van der Waals surface area contributed by atoms with Crippen molar-refractivity contribution in [1.29, 1.82) is 0 Å². The van der Waals surface area contributed by atoms with Gasteiger partial charge in [-0.15, -0.1) is 0 Å². The number of aromatic nitrogens is 4. The molecule has 0 spiro atoms. The minimum Gasteiger partial charge on any atom is -0.339 e. The Balaban J connectivity index is 1.88. The third kappa shape index (κ3) is 2.68. The molecule has 6 nitrogen and oxygen atoms in total. The van der Waals surface area contributed by atoms with E-state index in [4.69, 9.17) is 16.1 Å². The lowest BCUT2D eigenvalue weighted by Crippen LogP contribution is -1.99. The molecule has 0 fully saturated rings. The van der Waals surface area contributed by atoms with Crippen molar-refractivity contribution in [2.45, 2.75) is 6.92 Å². The van der Waals surface area contributed by atoms with Crippen LogP contribution in [0.5, 0.6) is 0 Å². The molecule has 0 bridgehead atoms. The van der Waals surface area contributed by atoms with Crippen LogP contribution in [-0.4, -0.2) is 20.1 Å². The zero-order chi connectivity index (χ0) is 16.5. The van der Waals surface area contributed by atoms with Crippen LogP contribution in [0, 0.1) is 6.92 Å². The maximum atomic E-state index is 6.07. The second kappa shape index (κ2) is 5.90. The van der Waals surface area contributed by atoms with Crippen molar-refractivity contribution in [2.24, 2.45) is 0 Å². The molecule has 7 heteroatoms. The number of hydrogen-bond acceptors (Lipinski definition) is 6. The largest absolute Gasteiger partial charge is 0.339 e. The first-order valence-corrected chi connectivity index (χ1v) is 7.65. The quantitative estimate of drug-likeness (QED) is 0.597. The molecule has 0 saturated heterocycles. The van der Waals surface area contributed by atoms with E-state index < -0.39 is 0 Å². The van der Waals surface area contributed by atoms with Crippen molar-refractivity contribution in [3.63, 3.8) is 0 Å². The van der Waals surface area contributed by atoms with E-state index in [0.717, 1.165) is 22.3 Å². The molecule has 1 aromatic carbocycles. The average Bonchev–Trinajstić information content (AvgIpc) is 2.97. The number of nitrogens with one attached hydrogen (secondary N) is 1. The zero-order valence-electron chi connectivity index (χ0n) is 12.7. The molecule has 0 aliphatic heterocycles. The molecular formula is C17H12ClN5O. The first-order chi connectivity index (χ1) is 11.7. The van der Waals surface area contributed by atoms with E-state index >= 15 is 0 Å². The van der Waals surface area contributed by atoms with Gasteiger partial charge < -0.3 is 9.84 Å². The number of anilines is 2. The number of pyridine rings is 1. The lowest BCUT2D eigenvalue weighted by molar-refractivity contribution is 0.443. The van der Waals surface area contributed by atoms with Gasteiger partial charge >= 0.3 is 0 Å². The first-order valence-electron chi connectivity index (χ1n) is 7.28. The van der Waals surface area contributed by atoms with E-state index in [1.807, 2.05) is 37.3 Å². The van der Waals surface area contributed by atoms with Crippen molar-refractivity contribution >= 4 is 34.2 Å². The monoisotopic (exact) mass is 337 g/mol. The van der Waals surface area contributed by atoms with Crippen LogP contribution >= 0.6 is 11.6 Å². The van der Waals surface area contributed by atoms with Crippen molar-refractivity contribution in [3.8, 4) is 11.4 Å². The fourth-order valence-electron chi connectivity index (χ4n) is 2.41. The Hall–Kier alpha value is -2.99. The van der Waals surface area contributed by atoms with E-state index in [1.165, 1.54) is 0 Å². The fourth-order valence-corrected chi connectivity index (χ4v) is 2.60. The number of fused-ring (bicyclic) bond motifs is 1. The molecule has 3 aromatic heterocycles. The summed E-state index contributed by atoms with van der Waals surface area (Å²) in [6.45, 7) is 1.85. The van der Waals surface area contributed by atoms with Crippen LogP contribution in [0.2, 0.25) is 5.02 Å². The van der Waals surface area contributed by atoms with Crippen LogP contribution in [0.1, 0.15) is 5.69 Å². The van der Waals surface area contributed by atoms with Gasteiger partial charge in [0.2, 0.25) is 0 Å². The van der Waals surface area contributed by atoms with Crippen molar-refractivity contribution in [3.05, 3.63) is 59.5 Å². The van der Waals surface area contributed by atoms with E-state index in [9.17, 15) is 0 Å². The summed E-state index contributed by atoms with van der Waals surface area (Å²) in [4.78, 5) is 13.1. The van der Waals surface area contributed by atoms with Crippen molar-refractivity contribution in [1.82, 2.24) is 20.1 Å². The van der Waals surface area contributed by atoms with Gasteiger partial charge in [0, 0.05) is 28.7 Å². The van der Waals surface area contributed by atoms with Crippen LogP contribution in [0.4, 0.5) is 11.5 Å². The van der Waals surface area contributed by atoms with Crippen LogP contribution in [0.15, 0.2) is 53.3 Å². The topological polar surface area (TPSA) is 76.7 Å². The fraction of sp³-hybridized carbons (Fsp3) is 0.0588. The molecule has 0 atom stereocenters. The molecule has 3 heterocycles. The summed E-state index contributed by atoms with van der Waals surface area (Å²) >= 11 is 6.07. The summed E-state index contributed by atoms with van der Waals surface area (Å²) in [5.41, 5.74) is 2.81. The molecule has 0 saturated carbocycles. The third-order valence-electron chi connectivity index (χ3n) is 3.53. The number of halogens is 1. The Bertz CT molecular complexity index is 1020. The highest BCUT2D eigenvalue weighted by molar-refractivity contribution is 6.30. The minimum absolute atomic E-state index is 0.425. The summed E-state index contributed by atoms with van der Waals surface area (Å²) in [5, 5.41) is 8.64. The van der Waals surface area contributed by atoms with Gasteiger partial charge in [-0.1, -0.05) is 28.9 Å². The van der Waals surface area contributed by atoms with Gasteiger partial charge in [0.25, 0.3) is 5.71 Å². The highest BCUT2D eigenvalue weighted by Gasteiger charge is 2.16. The predicted octanol–water partition coefficient (Wildman–Crippen LogP) is 4.39. The Morgan fingerprint density at radius 2 is 1.92 bits per heavy atom. The molecule has 0 unspecified atom stereocenters. The van der Waals surface area contributed by atoms with E-state index in [1.54, 1.807) is 18.5 Å². The Labute approximate surface area is 142 Å². The molecule has 0 radical (unpaired) electrons. The SMILES string of the molecule is Cc1noc2nc(-c3cccc(Cl)c3)nc(Nc3ccncc3)c12. The van der Waals surface area contributed by atoms with Crippen LogP contribution < -0.4 is 5.32 Å². The average molecular weight is 338 g/mol. The van der Waals surface area contributed by atoms with Gasteiger partial charge in [0.05, 0.1) is 5.69 Å². The van der Waals surface area contributed by atoms with Gasteiger partial charge in [0.1, 0.15) is 11.2 Å². The third-order valence-corrected chi connectivity index (χ3v) is 3.77. The molecule has 0 amide bonds. The van der Waals surface area contributed by atoms with E-state index in [0.29, 0.717) is 22.4 Å². The maximum absolute atomic E-state index is 6.07. The molecule has 0 aliphatic carbocycles.